The molecule has 3 nitrogen and oxygen atoms in total. The normalized spacial score (nSPS) is 9.08. The smallest absolute Gasteiger partial charge is 0.118 e. The highest BCUT2D eigenvalue weighted by molar-refractivity contribution is 5.85. The molecule has 0 aliphatic rings. The molecule has 4 heteroatoms. The lowest BCUT2D eigenvalue weighted by Gasteiger charge is -2.03. The maximum absolute atomic E-state index is 5.02. The molecule has 1 aromatic carbocycles. The lowest BCUT2D eigenvalue weighted by molar-refractivity contribution is 0.0867. The van der Waals surface area contributed by atoms with E-state index in [4.69, 9.17) is 9.57 Å². The number of hydrogen-bond acceptors (Lipinski definition) is 3. The summed E-state index contributed by atoms with van der Waals surface area (Å²) >= 11 is 0. The number of nitrogens with one attached hydrogen (secondary N) is 1. The SMILES string of the molecule is CONCc1ccc(OC)cc1.Cl. The van der Waals surface area contributed by atoms with Gasteiger partial charge in [0.2, 0.25) is 0 Å². The van der Waals surface area contributed by atoms with E-state index >= 15 is 0 Å². The van der Waals surface area contributed by atoms with Crippen LogP contribution in [0.1, 0.15) is 5.56 Å². The number of halogens is 1. The molecule has 1 aromatic rings. The molecular formula is C9H14ClNO2. The highest BCUT2D eigenvalue weighted by Gasteiger charge is 1.92. The highest BCUT2D eigenvalue weighted by Crippen LogP contribution is 2.10. The Bertz CT molecular complexity index is 226. The van der Waals surface area contributed by atoms with Crippen LogP contribution in [-0.4, -0.2) is 14.2 Å². The fourth-order valence-electron chi connectivity index (χ4n) is 0.899. The number of benzene rings is 1. The summed E-state index contributed by atoms with van der Waals surface area (Å²) in [5.74, 6) is 0.871. The van der Waals surface area contributed by atoms with Gasteiger partial charge in [0, 0.05) is 6.54 Å². The number of methoxy groups -OCH3 is 1. The van der Waals surface area contributed by atoms with Crippen LogP contribution < -0.4 is 10.2 Å². The Morgan fingerprint density at radius 1 is 1.15 bits per heavy atom. The zero-order chi connectivity index (χ0) is 8.81. The molecule has 74 valence electrons. The zero-order valence-electron chi connectivity index (χ0n) is 7.74. The van der Waals surface area contributed by atoms with E-state index in [0.29, 0.717) is 6.54 Å². The van der Waals surface area contributed by atoms with E-state index in [1.807, 2.05) is 24.3 Å². The summed E-state index contributed by atoms with van der Waals surface area (Å²) in [6.45, 7) is 0.709. The minimum absolute atomic E-state index is 0. The maximum Gasteiger partial charge on any atom is 0.118 e. The Kier molecular flexibility index (Phi) is 6.32. The summed E-state index contributed by atoms with van der Waals surface area (Å²) < 4.78 is 5.02. The quantitative estimate of drug-likeness (QED) is 0.757. The van der Waals surface area contributed by atoms with Gasteiger partial charge in [-0.3, -0.25) is 0 Å². The van der Waals surface area contributed by atoms with Crippen molar-refractivity contribution in [3.8, 4) is 5.75 Å². The van der Waals surface area contributed by atoms with Crippen molar-refractivity contribution in [2.45, 2.75) is 6.54 Å². The molecule has 0 fully saturated rings. The average molecular weight is 204 g/mol. The number of hydroxylamine groups is 1. The van der Waals surface area contributed by atoms with Crippen LogP contribution in [0, 0.1) is 0 Å². The average Bonchev–Trinajstić information content (AvgIpc) is 2.15. The Hall–Kier alpha value is -0.770. The molecule has 0 atom stereocenters. The molecule has 0 unspecified atom stereocenters. The van der Waals surface area contributed by atoms with Crippen molar-refractivity contribution in [3.63, 3.8) is 0 Å². The third-order valence-corrected chi connectivity index (χ3v) is 1.58. The topological polar surface area (TPSA) is 30.5 Å². The van der Waals surface area contributed by atoms with Crippen molar-refractivity contribution in [1.29, 1.82) is 0 Å². The number of ether oxygens (including phenoxy) is 1. The molecule has 0 spiro atoms. The van der Waals surface area contributed by atoms with Crippen molar-refractivity contribution in [1.82, 2.24) is 5.48 Å². The van der Waals surface area contributed by atoms with Crippen LogP contribution in [-0.2, 0) is 11.4 Å². The van der Waals surface area contributed by atoms with Crippen LogP contribution >= 0.6 is 12.4 Å². The highest BCUT2D eigenvalue weighted by atomic mass is 35.5. The second-order valence-corrected chi connectivity index (χ2v) is 2.37. The molecule has 0 saturated carbocycles. The van der Waals surface area contributed by atoms with Gasteiger partial charge < -0.3 is 9.57 Å². The first-order valence-corrected chi connectivity index (χ1v) is 3.75. The monoisotopic (exact) mass is 203 g/mol. The number of rotatable bonds is 4. The first-order chi connectivity index (χ1) is 5.86. The molecule has 0 bridgehead atoms. The summed E-state index contributed by atoms with van der Waals surface area (Å²) in [5.41, 5.74) is 3.93. The third-order valence-electron chi connectivity index (χ3n) is 1.58. The molecule has 0 aliphatic carbocycles. The van der Waals surface area contributed by atoms with Gasteiger partial charge >= 0.3 is 0 Å². The Morgan fingerprint density at radius 3 is 2.23 bits per heavy atom. The minimum Gasteiger partial charge on any atom is -0.497 e. The molecule has 0 radical (unpaired) electrons. The standard InChI is InChI=1S/C9H13NO2.ClH/c1-11-9-5-3-8(4-6-9)7-10-12-2;/h3-6,10H,7H2,1-2H3;1H. The second kappa shape index (κ2) is 6.71. The minimum atomic E-state index is 0. The van der Waals surface area contributed by atoms with Crippen LogP contribution in [0.5, 0.6) is 5.75 Å². The van der Waals surface area contributed by atoms with E-state index in [9.17, 15) is 0 Å². The van der Waals surface area contributed by atoms with Crippen molar-refractivity contribution in [3.05, 3.63) is 29.8 Å². The predicted octanol–water partition coefficient (Wildman–Crippen LogP) is 1.77. The first-order valence-electron chi connectivity index (χ1n) is 3.75. The van der Waals surface area contributed by atoms with Crippen LogP contribution in [0.2, 0.25) is 0 Å². The Morgan fingerprint density at radius 2 is 1.77 bits per heavy atom. The molecule has 1 rings (SSSR count). The van der Waals surface area contributed by atoms with Gasteiger partial charge in [0.25, 0.3) is 0 Å². The molecule has 0 saturated heterocycles. The van der Waals surface area contributed by atoms with Crippen molar-refractivity contribution in [2.75, 3.05) is 14.2 Å². The van der Waals surface area contributed by atoms with Crippen molar-refractivity contribution < 1.29 is 9.57 Å². The molecule has 13 heavy (non-hydrogen) atoms. The van der Waals surface area contributed by atoms with Crippen molar-refractivity contribution in [2.24, 2.45) is 0 Å². The third kappa shape index (κ3) is 4.12. The van der Waals surface area contributed by atoms with Gasteiger partial charge in [-0.1, -0.05) is 12.1 Å². The summed E-state index contributed by atoms with van der Waals surface area (Å²) in [4.78, 5) is 4.72. The van der Waals surface area contributed by atoms with Gasteiger partial charge in [-0.15, -0.1) is 12.4 Å². The molecule has 1 N–H and O–H groups in total. The van der Waals surface area contributed by atoms with Crippen molar-refractivity contribution >= 4 is 12.4 Å². The second-order valence-electron chi connectivity index (χ2n) is 2.37. The lowest BCUT2D eigenvalue weighted by Crippen LogP contribution is -2.10. The summed E-state index contributed by atoms with van der Waals surface area (Å²) in [6.07, 6.45) is 0. The Labute approximate surface area is 84.4 Å². The lowest BCUT2D eigenvalue weighted by atomic mass is 10.2. The largest absolute Gasteiger partial charge is 0.497 e. The van der Waals surface area contributed by atoms with E-state index in [0.717, 1.165) is 11.3 Å². The van der Waals surface area contributed by atoms with Crippen LogP contribution in [0.25, 0.3) is 0 Å². The van der Waals surface area contributed by atoms with Gasteiger partial charge in [-0.05, 0) is 17.7 Å². The van der Waals surface area contributed by atoms with E-state index in [1.54, 1.807) is 14.2 Å². The zero-order valence-corrected chi connectivity index (χ0v) is 8.56. The fourth-order valence-corrected chi connectivity index (χ4v) is 0.899. The first kappa shape index (κ1) is 12.2. The van der Waals surface area contributed by atoms with Gasteiger partial charge in [0.15, 0.2) is 0 Å². The summed E-state index contributed by atoms with van der Waals surface area (Å²) in [7, 11) is 3.26. The van der Waals surface area contributed by atoms with Crippen LogP contribution in [0.15, 0.2) is 24.3 Å². The summed E-state index contributed by atoms with van der Waals surface area (Å²) in [5, 5.41) is 0. The fraction of sp³-hybridized carbons (Fsp3) is 0.333. The van der Waals surface area contributed by atoms with Crippen LogP contribution in [0.3, 0.4) is 0 Å². The van der Waals surface area contributed by atoms with E-state index in [2.05, 4.69) is 5.48 Å². The van der Waals surface area contributed by atoms with Gasteiger partial charge in [0.1, 0.15) is 5.75 Å². The molecule has 0 aliphatic heterocycles. The van der Waals surface area contributed by atoms with E-state index in [-0.39, 0.29) is 12.4 Å². The Balaban J connectivity index is 0.00000144. The van der Waals surface area contributed by atoms with Gasteiger partial charge in [0.05, 0.1) is 14.2 Å². The summed E-state index contributed by atoms with van der Waals surface area (Å²) in [6, 6.07) is 7.83. The van der Waals surface area contributed by atoms with Gasteiger partial charge in [-0.25, -0.2) is 0 Å². The number of hydrogen-bond donors (Lipinski definition) is 1. The van der Waals surface area contributed by atoms with Gasteiger partial charge in [-0.2, -0.15) is 5.48 Å². The van der Waals surface area contributed by atoms with E-state index < -0.39 is 0 Å². The van der Waals surface area contributed by atoms with E-state index in [1.165, 1.54) is 0 Å². The molecule has 0 aromatic heterocycles. The molecule has 0 heterocycles. The maximum atomic E-state index is 5.02. The predicted molar refractivity (Wildman–Crippen MR) is 54.1 cm³/mol. The van der Waals surface area contributed by atoms with Crippen LogP contribution in [0.4, 0.5) is 0 Å². The molecular weight excluding hydrogens is 190 g/mol. The molecule has 0 amide bonds.